The van der Waals surface area contributed by atoms with Crippen LogP contribution in [0.5, 0.6) is 0 Å². The van der Waals surface area contributed by atoms with E-state index >= 15 is 0 Å². The monoisotopic (exact) mass is 245 g/mol. The van der Waals surface area contributed by atoms with Gasteiger partial charge in [-0.25, -0.2) is 4.79 Å². The number of fused-ring (bicyclic) bond motifs is 1. The molecule has 0 spiro atoms. The molecule has 1 atom stereocenters. The number of rotatable bonds is 4. The number of carbonyl (C=O) groups is 1. The molecule has 0 saturated carbocycles. The highest BCUT2D eigenvalue weighted by Crippen LogP contribution is 2.19. The lowest BCUT2D eigenvalue weighted by Gasteiger charge is -2.13. The SMILES string of the molecule is CCOC(=O)C(C)Nc1nncc2ccccc12. The second kappa shape index (κ2) is 5.44. The van der Waals surface area contributed by atoms with Gasteiger partial charge in [-0.2, -0.15) is 5.10 Å². The Bertz CT molecular complexity index is 551. The van der Waals surface area contributed by atoms with E-state index in [4.69, 9.17) is 4.74 Å². The summed E-state index contributed by atoms with van der Waals surface area (Å²) < 4.78 is 4.94. The lowest BCUT2D eigenvalue weighted by molar-refractivity contribution is -0.143. The number of ether oxygens (including phenoxy) is 1. The zero-order valence-electron chi connectivity index (χ0n) is 10.4. The fraction of sp³-hybridized carbons (Fsp3) is 0.308. The van der Waals surface area contributed by atoms with Crippen LogP contribution in [0.3, 0.4) is 0 Å². The van der Waals surface area contributed by atoms with Crippen LogP contribution < -0.4 is 5.32 Å². The van der Waals surface area contributed by atoms with Crippen molar-refractivity contribution in [3.05, 3.63) is 30.5 Å². The molecule has 2 rings (SSSR count). The lowest BCUT2D eigenvalue weighted by atomic mass is 10.2. The maximum absolute atomic E-state index is 11.6. The van der Waals surface area contributed by atoms with Gasteiger partial charge in [0.05, 0.1) is 12.8 Å². The first-order valence-corrected chi connectivity index (χ1v) is 5.86. The molecule has 0 aliphatic heterocycles. The van der Waals surface area contributed by atoms with E-state index in [0.29, 0.717) is 12.4 Å². The van der Waals surface area contributed by atoms with Crippen molar-refractivity contribution in [2.24, 2.45) is 0 Å². The summed E-state index contributed by atoms with van der Waals surface area (Å²) in [6.45, 7) is 3.88. The molecule has 2 aromatic rings. The van der Waals surface area contributed by atoms with Crippen LogP contribution in [0.4, 0.5) is 5.82 Å². The first kappa shape index (κ1) is 12.3. The molecule has 0 radical (unpaired) electrons. The highest BCUT2D eigenvalue weighted by atomic mass is 16.5. The number of nitrogens with one attached hydrogen (secondary N) is 1. The number of benzene rings is 1. The van der Waals surface area contributed by atoms with Crippen LogP contribution in [0.1, 0.15) is 13.8 Å². The molecular formula is C13H15N3O2. The van der Waals surface area contributed by atoms with Crippen LogP contribution >= 0.6 is 0 Å². The third-order valence-corrected chi connectivity index (χ3v) is 2.56. The van der Waals surface area contributed by atoms with E-state index in [2.05, 4.69) is 15.5 Å². The fourth-order valence-corrected chi connectivity index (χ4v) is 1.67. The quantitative estimate of drug-likeness (QED) is 0.834. The van der Waals surface area contributed by atoms with Crippen LogP contribution in [0, 0.1) is 0 Å². The Morgan fingerprint density at radius 2 is 2.22 bits per heavy atom. The normalized spacial score (nSPS) is 12.1. The molecule has 5 nitrogen and oxygen atoms in total. The molecule has 0 fully saturated rings. The molecule has 94 valence electrons. The first-order chi connectivity index (χ1) is 8.72. The third-order valence-electron chi connectivity index (χ3n) is 2.56. The van der Waals surface area contributed by atoms with Crippen LogP contribution in [0.25, 0.3) is 10.8 Å². The van der Waals surface area contributed by atoms with E-state index < -0.39 is 6.04 Å². The van der Waals surface area contributed by atoms with Gasteiger partial charge in [-0.15, -0.1) is 5.10 Å². The van der Waals surface area contributed by atoms with Crippen LogP contribution in [0.2, 0.25) is 0 Å². The molecule has 0 amide bonds. The summed E-state index contributed by atoms with van der Waals surface area (Å²) in [7, 11) is 0. The van der Waals surface area contributed by atoms with Gasteiger partial charge in [0.15, 0.2) is 5.82 Å². The summed E-state index contributed by atoms with van der Waals surface area (Å²) in [5.74, 6) is 0.292. The number of carbonyl (C=O) groups excluding carboxylic acids is 1. The van der Waals surface area contributed by atoms with E-state index in [0.717, 1.165) is 10.8 Å². The Labute approximate surface area is 105 Å². The van der Waals surface area contributed by atoms with Crippen molar-refractivity contribution in [3.8, 4) is 0 Å². The van der Waals surface area contributed by atoms with Crippen molar-refractivity contribution < 1.29 is 9.53 Å². The number of anilines is 1. The summed E-state index contributed by atoms with van der Waals surface area (Å²) in [6, 6.07) is 7.28. The fourth-order valence-electron chi connectivity index (χ4n) is 1.67. The second-order valence-electron chi connectivity index (χ2n) is 3.90. The average Bonchev–Trinajstić information content (AvgIpc) is 2.39. The highest BCUT2D eigenvalue weighted by molar-refractivity contribution is 5.92. The molecular weight excluding hydrogens is 230 g/mol. The van der Waals surface area contributed by atoms with Crippen molar-refractivity contribution >= 4 is 22.6 Å². The van der Waals surface area contributed by atoms with Gasteiger partial charge in [0.25, 0.3) is 0 Å². The van der Waals surface area contributed by atoms with Crippen molar-refractivity contribution in [3.63, 3.8) is 0 Å². The van der Waals surface area contributed by atoms with Crippen molar-refractivity contribution in [1.29, 1.82) is 0 Å². The van der Waals surface area contributed by atoms with Crippen LogP contribution in [0.15, 0.2) is 30.5 Å². The molecule has 1 heterocycles. The van der Waals surface area contributed by atoms with Crippen molar-refractivity contribution in [1.82, 2.24) is 10.2 Å². The topological polar surface area (TPSA) is 64.1 Å². The van der Waals surface area contributed by atoms with E-state index in [1.807, 2.05) is 24.3 Å². The summed E-state index contributed by atoms with van der Waals surface area (Å²) in [5.41, 5.74) is 0. The Morgan fingerprint density at radius 1 is 1.44 bits per heavy atom. The summed E-state index contributed by atoms with van der Waals surface area (Å²) in [6.07, 6.45) is 1.69. The first-order valence-electron chi connectivity index (χ1n) is 5.86. The Balaban J connectivity index is 2.24. The lowest BCUT2D eigenvalue weighted by Crippen LogP contribution is -2.28. The Hall–Kier alpha value is -2.17. The van der Waals surface area contributed by atoms with Gasteiger partial charge in [-0.05, 0) is 13.8 Å². The van der Waals surface area contributed by atoms with Crippen molar-refractivity contribution in [2.75, 3.05) is 11.9 Å². The molecule has 0 bridgehead atoms. The number of hydrogen-bond donors (Lipinski definition) is 1. The minimum Gasteiger partial charge on any atom is -0.464 e. The molecule has 1 aromatic heterocycles. The number of esters is 1. The molecule has 1 aromatic carbocycles. The maximum Gasteiger partial charge on any atom is 0.328 e. The third kappa shape index (κ3) is 2.56. The molecule has 1 N–H and O–H groups in total. The van der Waals surface area contributed by atoms with E-state index in [1.165, 1.54) is 0 Å². The highest BCUT2D eigenvalue weighted by Gasteiger charge is 2.15. The minimum absolute atomic E-state index is 0.299. The molecule has 18 heavy (non-hydrogen) atoms. The number of hydrogen-bond acceptors (Lipinski definition) is 5. The summed E-state index contributed by atoms with van der Waals surface area (Å²) in [5, 5.41) is 12.9. The van der Waals surface area contributed by atoms with Crippen LogP contribution in [-0.2, 0) is 9.53 Å². The molecule has 5 heteroatoms. The zero-order chi connectivity index (χ0) is 13.0. The number of nitrogens with zero attached hydrogens (tertiary/aromatic N) is 2. The minimum atomic E-state index is -0.454. The van der Waals surface area contributed by atoms with Crippen LogP contribution in [-0.4, -0.2) is 28.8 Å². The van der Waals surface area contributed by atoms with Gasteiger partial charge in [0.2, 0.25) is 0 Å². The van der Waals surface area contributed by atoms with Gasteiger partial charge in [-0.1, -0.05) is 24.3 Å². The Morgan fingerprint density at radius 3 is 3.00 bits per heavy atom. The van der Waals surface area contributed by atoms with Gasteiger partial charge < -0.3 is 10.1 Å². The Kier molecular flexibility index (Phi) is 3.72. The largest absolute Gasteiger partial charge is 0.464 e. The standard InChI is InChI=1S/C13H15N3O2/c1-3-18-13(17)9(2)15-12-11-7-5-4-6-10(11)8-14-16-12/h4-9H,3H2,1-2H3,(H,15,16). The molecule has 0 aliphatic carbocycles. The van der Waals surface area contributed by atoms with Gasteiger partial charge in [-0.3, -0.25) is 0 Å². The second-order valence-corrected chi connectivity index (χ2v) is 3.90. The molecule has 0 saturated heterocycles. The zero-order valence-corrected chi connectivity index (χ0v) is 10.4. The van der Waals surface area contributed by atoms with E-state index in [9.17, 15) is 4.79 Å². The maximum atomic E-state index is 11.6. The average molecular weight is 245 g/mol. The molecule has 0 aliphatic rings. The number of aromatic nitrogens is 2. The molecule has 1 unspecified atom stereocenters. The van der Waals surface area contributed by atoms with Crippen molar-refractivity contribution in [2.45, 2.75) is 19.9 Å². The van der Waals surface area contributed by atoms with E-state index in [1.54, 1.807) is 20.0 Å². The predicted molar refractivity (Wildman–Crippen MR) is 69.3 cm³/mol. The summed E-state index contributed by atoms with van der Waals surface area (Å²) in [4.78, 5) is 11.6. The van der Waals surface area contributed by atoms with Gasteiger partial charge >= 0.3 is 5.97 Å². The van der Waals surface area contributed by atoms with Gasteiger partial charge in [0.1, 0.15) is 6.04 Å². The smallest absolute Gasteiger partial charge is 0.328 e. The van der Waals surface area contributed by atoms with Gasteiger partial charge in [0, 0.05) is 10.8 Å². The van der Waals surface area contributed by atoms with E-state index in [-0.39, 0.29) is 5.97 Å². The predicted octanol–water partition coefficient (Wildman–Crippen LogP) is 1.99. The summed E-state index contributed by atoms with van der Waals surface area (Å²) >= 11 is 0.